The standard InChI is InChI=1S/C48H35NO3S/c1-50-37-27-36(28-38(29-37)51-2)49(35-24-19-30-11-3-4-12-32(30)25-35)34-22-20-31(21-23-34)45-39-14-6-7-15-40(39)46(44-26-33-13-5-10-18-43(33)53-44)47-41-16-8-9-17-42(41)52-48(45)47/h4-10,12-29H,3,11H2,1-2H3. The Morgan fingerprint density at radius 1 is 0.623 bits per heavy atom. The lowest BCUT2D eigenvalue weighted by Gasteiger charge is -2.27. The van der Waals surface area contributed by atoms with Gasteiger partial charge in [0.15, 0.2) is 0 Å². The van der Waals surface area contributed by atoms with Crippen LogP contribution in [0.25, 0.3) is 70.4 Å². The largest absolute Gasteiger partial charge is 0.497 e. The molecule has 0 radical (unpaired) electrons. The number of fused-ring (bicyclic) bond motifs is 6. The van der Waals surface area contributed by atoms with Crippen molar-refractivity contribution >= 4 is 77.3 Å². The van der Waals surface area contributed by atoms with Crippen LogP contribution in [0.1, 0.15) is 17.5 Å². The molecule has 0 saturated heterocycles. The number of hydrogen-bond acceptors (Lipinski definition) is 5. The van der Waals surface area contributed by atoms with Crippen LogP contribution in [0.2, 0.25) is 0 Å². The van der Waals surface area contributed by atoms with Gasteiger partial charge in [0, 0.05) is 61.1 Å². The summed E-state index contributed by atoms with van der Waals surface area (Å²) in [6.07, 6.45) is 6.62. The lowest BCUT2D eigenvalue weighted by atomic mass is 9.90. The van der Waals surface area contributed by atoms with E-state index in [1.54, 1.807) is 14.2 Å². The third-order valence-electron chi connectivity index (χ3n) is 10.5. The Balaban J connectivity index is 1.19. The number of thiophene rings is 1. The first-order valence-electron chi connectivity index (χ1n) is 17.9. The Morgan fingerprint density at radius 2 is 1.32 bits per heavy atom. The first-order valence-corrected chi connectivity index (χ1v) is 18.8. The van der Waals surface area contributed by atoms with Gasteiger partial charge in [0.05, 0.1) is 19.9 Å². The molecular formula is C48H35NO3S. The molecule has 10 rings (SSSR count). The van der Waals surface area contributed by atoms with Crippen molar-refractivity contribution < 1.29 is 13.9 Å². The molecule has 4 nitrogen and oxygen atoms in total. The Bertz CT molecular complexity index is 2820. The highest BCUT2D eigenvalue weighted by molar-refractivity contribution is 7.22. The third-order valence-corrected chi connectivity index (χ3v) is 11.6. The van der Waals surface area contributed by atoms with E-state index >= 15 is 0 Å². The highest BCUT2D eigenvalue weighted by atomic mass is 32.1. The molecule has 0 saturated carbocycles. The Morgan fingerprint density at radius 3 is 2.09 bits per heavy atom. The molecule has 0 atom stereocenters. The maximum atomic E-state index is 6.86. The molecule has 0 spiro atoms. The second-order valence-electron chi connectivity index (χ2n) is 13.5. The molecule has 0 amide bonds. The van der Waals surface area contributed by atoms with E-state index < -0.39 is 0 Å². The van der Waals surface area contributed by atoms with E-state index in [4.69, 9.17) is 13.9 Å². The summed E-state index contributed by atoms with van der Waals surface area (Å²) in [5, 5.41) is 5.90. The zero-order chi connectivity index (χ0) is 35.5. The fraction of sp³-hybridized carbons (Fsp3) is 0.0833. The van der Waals surface area contributed by atoms with Gasteiger partial charge in [-0.3, -0.25) is 0 Å². The molecule has 256 valence electrons. The first kappa shape index (κ1) is 31.4. The molecule has 5 heteroatoms. The first-order chi connectivity index (χ1) is 26.2. The number of rotatable bonds is 7. The maximum absolute atomic E-state index is 6.86. The van der Waals surface area contributed by atoms with Gasteiger partial charge in [-0.25, -0.2) is 0 Å². The van der Waals surface area contributed by atoms with E-state index in [2.05, 4.69) is 151 Å². The van der Waals surface area contributed by atoms with Gasteiger partial charge >= 0.3 is 0 Å². The summed E-state index contributed by atoms with van der Waals surface area (Å²) in [6.45, 7) is 0. The summed E-state index contributed by atoms with van der Waals surface area (Å²) in [4.78, 5) is 3.52. The molecular weight excluding hydrogens is 671 g/mol. The van der Waals surface area contributed by atoms with Crippen LogP contribution in [0, 0.1) is 0 Å². The van der Waals surface area contributed by atoms with Crippen molar-refractivity contribution in [2.45, 2.75) is 12.8 Å². The molecule has 1 aliphatic rings. The molecule has 1 aliphatic carbocycles. The van der Waals surface area contributed by atoms with Crippen LogP contribution in [0.4, 0.5) is 17.1 Å². The highest BCUT2D eigenvalue weighted by Crippen LogP contribution is 2.50. The van der Waals surface area contributed by atoms with Crippen molar-refractivity contribution in [1.82, 2.24) is 0 Å². The molecule has 53 heavy (non-hydrogen) atoms. The van der Waals surface area contributed by atoms with Gasteiger partial charge < -0.3 is 18.8 Å². The van der Waals surface area contributed by atoms with Crippen LogP contribution in [0.15, 0.2) is 150 Å². The number of methoxy groups -OCH3 is 2. The van der Waals surface area contributed by atoms with Gasteiger partial charge in [-0.05, 0) is 88.2 Å². The van der Waals surface area contributed by atoms with Gasteiger partial charge in [-0.2, -0.15) is 0 Å². The van der Waals surface area contributed by atoms with Crippen molar-refractivity contribution in [3.05, 3.63) is 157 Å². The van der Waals surface area contributed by atoms with Gasteiger partial charge in [-0.15, -0.1) is 11.3 Å². The fourth-order valence-corrected chi connectivity index (χ4v) is 9.12. The van der Waals surface area contributed by atoms with E-state index in [-0.39, 0.29) is 0 Å². The number of nitrogens with zero attached hydrogens (tertiary/aromatic N) is 1. The number of furan rings is 1. The average molecular weight is 706 g/mol. The molecule has 0 N–H and O–H groups in total. The zero-order valence-electron chi connectivity index (χ0n) is 29.4. The Kier molecular flexibility index (Phi) is 7.55. The average Bonchev–Trinajstić information content (AvgIpc) is 3.82. The smallest absolute Gasteiger partial charge is 0.144 e. The van der Waals surface area contributed by atoms with Gasteiger partial charge in [0.1, 0.15) is 22.7 Å². The number of hydrogen-bond donors (Lipinski definition) is 0. The predicted molar refractivity (Wildman–Crippen MR) is 223 cm³/mol. The molecule has 7 aromatic carbocycles. The second kappa shape index (κ2) is 12.7. The number of para-hydroxylation sites is 1. The fourth-order valence-electron chi connectivity index (χ4n) is 7.99. The lowest BCUT2D eigenvalue weighted by Crippen LogP contribution is -2.11. The lowest BCUT2D eigenvalue weighted by molar-refractivity contribution is 0.394. The summed E-state index contributed by atoms with van der Waals surface area (Å²) >= 11 is 1.84. The maximum Gasteiger partial charge on any atom is 0.144 e. The van der Waals surface area contributed by atoms with E-state index in [0.717, 1.165) is 79.9 Å². The number of aryl methyl sites for hydroxylation is 1. The Labute approximate surface area is 311 Å². The SMILES string of the molecule is COc1cc(OC)cc(N(c2ccc(-c3c4ccccc4c(-c4cc5ccccc5s4)c4c3oc3ccccc34)cc2)c2ccc3c(c2)C=CCC3)c1. The molecule has 2 aromatic heterocycles. The van der Waals surface area contributed by atoms with Crippen LogP contribution in [-0.2, 0) is 6.42 Å². The zero-order valence-corrected chi connectivity index (χ0v) is 30.2. The van der Waals surface area contributed by atoms with E-state index in [0.29, 0.717) is 0 Å². The van der Waals surface area contributed by atoms with Gasteiger partial charge in [0.2, 0.25) is 0 Å². The summed E-state index contributed by atoms with van der Waals surface area (Å²) in [7, 11) is 3.38. The highest BCUT2D eigenvalue weighted by Gasteiger charge is 2.24. The van der Waals surface area contributed by atoms with Crippen LogP contribution in [-0.4, -0.2) is 14.2 Å². The molecule has 9 aromatic rings. The summed E-state index contributed by atoms with van der Waals surface area (Å²) in [5.41, 5.74) is 10.9. The molecule has 0 fully saturated rings. The van der Waals surface area contributed by atoms with E-state index in [9.17, 15) is 0 Å². The molecule has 0 bridgehead atoms. The molecule has 2 heterocycles. The number of allylic oxidation sites excluding steroid dienone is 1. The van der Waals surface area contributed by atoms with Crippen LogP contribution in [0.3, 0.4) is 0 Å². The minimum Gasteiger partial charge on any atom is -0.497 e. The Hall–Kier alpha value is -6.30. The predicted octanol–water partition coefficient (Wildman–Crippen LogP) is 13.7. The number of ether oxygens (including phenoxy) is 2. The molecule has 0 aliphatic heterocycles. The van der Waals surface area contributed by atoms with Crippen LogP contribution >= 0.6 is 11.3 Å². The minimum absolute atomic E-state index is 0.733. The summed E-state index contributed by atoms with van der Waals surface area (Å²) in [5.74, 6) is 1.47. The van der Waals surface area contributed by atoms with Crippen molar-refractivity contribution in [2.24, 2.45) is 0 Å². The van der Waals surface area contributed by atoms with Crippen molar-refractivity contribution in [3.8, 4) is 33.1 Å². The second-order valence-corrected chi connectivity index (χ2v) is 14.6. The van der Waals surface area contributed by atoms with Crippen molar-refractivity contribution in [3.63, 3.8) is 0 Å². The number of benzene rings is 7. The number of anilines is 3. The van der Waals surface area contributed by atoms with Crippen LogP contribution < -0.4 is 14.4 Å². The molecule has 0 unspecified atom stereocenters. The monoisotopic (exact) mass is 705 g/mol. The van der Waals surface area contributed by atoms with E-state index in [1.165, 1.54) is 37.0 Å². The minimum atomic E-state index is 0.733. The van der Waals surface area contributed by atoms with Crippen molar-refractivity contribution in [1.29, 1.82) is 0 Å². The topological polar surface area (TPSA) is 34.8 Å². The quantitative estimate of drug-likeness (QED) is 0.165. The van der Waals surface area contributed by atoms with E-state index in [1.807, 2.05) is 17.4 Å². The van der Waals surface area contributed by atoms with Crippen LogP contribution in [0.5, 0.6) is 11.5 Å². The normalized spacial score (nSPS) is 12.5. The third kappa shape index (κ3) is 5.27. The van der Waals surface area contributed by atoms with Crippen molar-refractivity contribution in [2.75, 3.05) is 19.1 Å². The summed E-state index contributed by atoms with van der Waals surface area (Å²) in [6, 6.07) is 49.8. The van der Waals surface area contributed by atoms with Gasteiger partial charge in [0.25, 0.3) is 0 Å². The van der Waals surface area contributed by atoms with Gasteiger partial charge in [-0.1, -0.05) is 91.0 Å². The summed E-state index contributed by atoms with van der Waals surface area (Å²) < 4.78 is 19.6.